The van der Waals surface area contributed by atoms with E-state index in [4.69, 9.17) is 9.47 Å². The smallest absolute Gasteiger partial charge is 0.240 e. The predicted molar refractivity (Wildman–Crippen MR) is 92.8 cm³/mol. The minimum absolute atomic E-state index is 0.0572. The molecule has 2 bridgehead atoms. The summed E-state index contributed by atoms with van der Waals surface area (Å²) in [5.41, 5.74) is 2.00. The van der Waals surface area contributed by atoms with E-state index in [1.807, 2.05) is 19.1 Å². The van der Waals surface area contributed by atoms with E-state index in [0.29, 0.717) is 17.9 Å². The maximum Gasteiger partial charge on any atom is 0.240 e. The Morgan fingerprint density at radius 3 is 2.40 bits per heavy atom. The standard InChI is InChI=1S/C19H19FN2O3/c1-4-19(21-12-7-5-11(20)6-8-12)17-13-9-15(24-2)16(25-3)10-14(13)22(19)18(17)23/h5-10,17,21H,4H2,1-3H3. The van der Waals surface area contributed by atoms with Gasteiger partial charge in [-0.2, -0.15) is 0 Å². The Kier molecular flexibility index (Phi) is 3.39. The predicted octanol–water partition coefficient (Wildman–Crippen LogP) is 3.51. The highest BCUT2D eigenvalue weighted by Crippen LogP contribution is 2.60. The summed E-state index contributed by atoms with van der Waals surface area (Å²) in [5.74, 6) is 0.670. The zero-order valence-corrected chi connectivity index (χ0v) is 14.3. The number of rotatable bonds is 5. The monoisotopic (exact) mass is 342 g/mol. The van der Waals surface area contributed by atoms with E-state index >= 15 is 0 Å². The van der Waals surface area contributed by atoms with Gasteiger partial charge in [-0.25, -0.2) is 4.39 Å². The molecule has 1 N–H and O–H groups in total. The molecule has 0 radical (unpaired) electrons. The van der Waals surface area contributed by atoms with E-state index in [0.717, 1.165) is 16.9 Å². The number of carbonyl (C=O) groups excluding carboxylic acids is 1. The Morgan fingerprint density at radius 2 is 1.80 bits per heavy atom. The van der Waals surface area contributed by atoms with Crippen LogP contribution >= 0.6 is 0 Å². The fraction of sp³-hybridized carbons (Fsp3) is 0.316. The first-order valence-electron chi connectivity index (χ1n) is 8.19. The molecule has 0 aliphatic carbocycles. The number of ether oxygens (including phenoxy) is 2. The molecule has 4 rings (SSSR count). The van der Waals surface area contributed by atoms with Crippen LogP contribution in [0.1, 0.15) is 24.8 Å². The lowest BCUT2D eigenvalue weighted by Crippen LogP contribution is -2.69. The number of nitrogens with one attached hydrogen (secondary N) is 1. The van der Waals surface area contributed by atoms with Crippen molar-refractivity contribution in [1.82, 2.24) is 0 Å². The van der Waals surface area contributed by atoms with Gasteiger partial charge in [0.25, 0.3) is 0 Å². The van der Waals surface area contributed by atoms with Gasteiger partial charge < -0.3 is 14.8 Å². The molecule has 2 heterocycles. The van der Waals surface area contributed by atoms with Crippen LogP contribution in [0.5, 0.6) is 11.5 Å². The summed E-state index contributed by atoms with van der Waals surface area (Å²) in [5, 5.41) is 3.44. The number of β-lactam (4-membered cyclic amide) rings is 1. The van der Waals surface area contributed by atoms with Crippen molar-refractivity contribution >= 4 is 17.3 Å². The van der Waals surface area contributed by atoms with E-state index in [2.05, 4.69) is 5.32 Å². The molecular weight excluding hydrogens is 323 g/mol. The van der Waals surface area contributed by atoms with Crippen LogP contribution in [-0.2, 0) is 4.79 Å². The molecule has 130 valence electrons. The summed E-state index contributed by atoms with van der Waals surface area (Å²) >= 11 is 0. The van der Waals surface area contributed by atoms with Gasteiger partial charge in [0.2, 0.25) is 5.91 Å². The molecule has 2 unspecified atom stereocenters. The van der Waals surface area contributed by atoms with E-state index in [1.54, 1.807) is 31.3 Å². The first-order valence-corrected chi connectivity index (χ1v) is 8.19. The van der Waals surface area contributed by atoms with Crippen LogP contribution < -0.4 is 19.7 Å². The third kappa shape index (κ3) is 1.97. The van der Waals surface area contributed by atoms with Crippen molar-refractivity contribution in [3.8, 4) is 11.5 Å². The van der Waals surface area contributed by atoms with Crippen LogP contribution in [0.15, 0.2) is 36.4 Å². The lowest BCUT2D eigenvalue weighted by molar-refractivity contribution is -0.128. The van der Waals surface area contributed by atoms with Gasteiger partial charge >= 0.3 is 0 Å². The molecule has 1 saturated heterocycles. The minimum Gasteiger partial charge on any atom is -0.493 e. The van der Waals surface area contributed by atoms with Crippen molar-refractivity contribution in [1.29, 1.82) is 0 Å². The molecule has 2 aliphatic heterocycles. The maximum absolute atomic E-state index is 13.2. The Hall–Kier alpha value is -2.76. The molecule has 0 spiro atoms. The summed E-state index contributed by atoms with van der Waals surface area (Å²) in [7, 11) is 3.15. The average molecular weight is 342 g/mol. The van der Waals surface area contributed by atoms with Crippen molar-refractivity contribution in [2.75, 3.05) is 24.4 Å². The lowest BCUT2D eigenvalue weighted by Gasteiger charge is -2.51. The number of halogens is 1. The molecule has 1 amide bonds. The number of hydrogen-bond donors (Lipinski definition) is 1. The van der Waals surface area contributed by atoms with Gasteiger partial charge in [-0.3, -0.25) is 9.69 Å². The van der Waals surface area contributed by atoms with Gasteiger partial charge in [0, 0.05) is 11.8 Å². The van der Waals surface area contributed by atoms with Crippen LogP contribution in [-0.4, -0.2) is 25.8 Å². The van der Waals surface area contributed by atoms with Crippen LogP contribution in [0.2, 0.25) is 0 Å². The minimum atomic E-state index is -0.547. The second-order valence-corrected chi connectivity index (χ2v) is 6.28. The molecule has 0 saturated carbocycles. The van der Waals surface area contributed by atoms with Crippen molar-refractivity contribution in [2.45, 2.75) is 24.9 Å². The van der Waals surface area contributed by atoms with Gasteiger partial charge in [-0.05, 0) is 42.3 Å². The molecule has 25 heavy (non-hydrogen) atoms. The average Bonchev–Trinajstić information content (AvgIpc) is 3.08. The van der Waals surface area contributed by atoms with E-state index in [9.17, 15) is 9.18 Å². The number of fused-ring (bicyclic) bond motifs is 5. The number of hydrogen-bond acceptors (Lipinski definition) is 4. The molecule has 5 nitrogen and oxygen atoms in total. The van der Waals surface area contributed by atoms with E-state index in [1.165, 1.54) is 12.1 Å². The van der Waals surface area contributed by atoms with Crippen molar-refractivity contribution in [3.63, 3.8) is 0 Å². The summed E-state index contributed by atoms with van der Waals surface area (Å²) in [6.45, 7) is 2.03. The van der Waals surface area contributed by atoms with Gasteiger partial charge in [-0.15, -0.1) is 0 Å². The number of benzene rings is 2. The maximum atomic E-state index is 13.2. The highest BCUT2D eigenvalue weighted by atomic mass is 19.1. The van der Waals surface area contributed by atoms with E-state index < -0.39 is 5.66 Å². The third-order valence-electron chi connectivity index (χ3n) is 5.17. The molecule has 2 atom stereocenters. The van der Waals surface area contributed by atoms with Gasteiger partial charge in [0.05, 0.1) is 19.9 Å². The number of amides is 1. The third-order valence-corrected chi connectivity index (χ3v) is 5.17. The number of carbonyl (C=O) groups is 1. The van der Waals surface area contributed by atoms with Gasteiger partial charge in [-0.1, -0.05) is 6.92 Å². The van der Waals surface area contributed by atoms with Crippen LogP contribution in [0.25, 0.3) is 0 Å². The summed E-state index contributed by atoms with van der Waals surface area (Å²) in [6, 6.07) is 9.89. The van der Waals surface area contributed by atoms with Gasteiger partial charge in [0.1, 0.15) is 17.4 Å². The molecular formula is C19H19FN2O3. The second-order valence-electron chi connectivity index (χ2n) is 6.28. The number of nitrogens with zero attached hydrogens (tertiary/aromatic N) is 1. The van der Waals surface area contributed by atoms with Crippen LogP contribution in [0.3, 0.4) is 0 Å². The quantitative estimate of drug-likeness (QED) is 0.845. The molecule has 2 aromatic rings. The normalized spacial score (nSPS) is 23.1. The first kappa shape index (κ1) is 15.7. The molecule has 2 aliphatic rings. The molecule has 1 fully saturated rings. The zero-order chi connectivity index (χ0) is 17.8. The van der Waals surface area contributed by atoms with Crippen molar-refractivity contribution in [3.05, 3.63) is 47.8 Å². The highest BCUT2D eigenvalue weighted by Gasteiger charge is 2.67. The van der Waals surface area contributed by atoms with Crippen molar-refractivity contribution < 1.29 is 18.7 Å². The largest absolute Gasteiger partial charge is 0.493 e. The Labute approximate surface area is 145 Å². The topological polar surface area (TPSA) is 50.8 Å². The van der Waals surface area contributed by atoms with E-state index in [-0.39, 0.29) is 17.6 Å². The zero-order valence-electron chi connectivity index (χ0n) is 14.3. The summed E-state index contributed by atoms with van der Waals surface area (Å²) in [6.07, 6.45) is 0.708. The molecule has 2 aromatic carbocycles. The van der Waals surface area contributed by atoms with Crippen LogP contribution in [0, 0.1) is 5.82 Å². The number of methoxy groups -OCH3 is 2. The fourth-order valence-electron chi connectivity index (χ4n) is 3.99. The molecule has 6 heteroatoms. The highest BCUT2D eigenvalue weighted by molar-refractivity contribution is 6.16. The first-order chi connectivity index (χ1) is 12.1. The fourth-order valence-corrected chi connectivity index (χ4v) is 3.99. The number of anilines is 2. The Balaban J connectivity index is 1.77. The van der Waals surface area contributed by atoms with Gasteiger partial charge in [0.15, 0.2) is 11.5 Å². The van der Waals surface area contributed by atoms with Crippen molar-refractivity contribution in [2.24, 2.45) is 0 Å². The lowest BCUT2D eigenvalue weighted by atomic mass is 9.79. The second kappa shape index (κ2) is 5.37. The Bertz CT molecular complexity index is 809. The summed E-state index contributed by atoms with van der Waals surface area (Å²) in [4.78, 5) is 14.4. The Morgan fingerprint density at radius 1 is 1.16 bits per heavy atom. The molecule has 0 aromatic heterocycles. The SMILES string of the molecule is CCC1(Nc2ccc(F)cc2)C2C(=O)N1c1cc(OC)c(OC)cc12. The summed E-state index contributed by atoms with van der Waals surface area (Å²) < 4.78 is 23.9. The van der Waals surface area contributed by atoms with Crippen LogP contribution in [0.4, 0.5) is 15.8 Å².